The van der Waals surface area contributed by atoms with Crippen LogP contribution in [-0.2, 0) is 4.74 Å². The first-order chi connectivity index (χ1) is 9.68. The third kappa shape index (κ3) is 3.49. The lowest BCUT2D eigenvalue weighted by Gasteiger charge is -2.22. The molecule has 2 rings (SSSR count). The van der Waals surface area contributed by atoms with Gasteiger partial charge in [-0.05, 0) is 6.42 Å². The molecule has 1 atom stereocenters. The minimum Gasteiger partial charge on any atom is -0.490 e. The van der Waals surface area contributed by atoms with E-state index in [-0.39, 0.29) is 0 Å². The summed E-state index contributed by atoms with van der Waals surface area (Å²) in [6.45, 7) is 4.18. The normalized spacial score (nSPS) is 21.8. The van der Waals surface area contributed by atoms with E-state index in [1.54, 1.807) is 7.11 Å². The van der Waals surface area contributed by atoms with E-state index in [9.17, 15) is 5.11 Å². The van der Waals surface area contributed by atoms with Gasteiger partial charge >= 0.3 is 0 Å². The highest BCUT2D eigenvalue weighted by molar-refractivity contribution is 5.63. The Bertz CT molecular complexity index is 436. The van der Waals surface area contributed by atoms with Crippen molar-refractivity contribution in [3.8, 4) is 5.75 Å². The summed E-state index contributed by atoms with van der Waals surface area (Å²) in [5.74, 6) is 1.78. The maximum atomic E-state index is 10.2. The molecule has 1 saturated heterocycles. The summed E-state index contributed by atoms with van der Waals surface area (Å²) >= 11 is 0. The zero-order valence-corrected chi connectivity index (χ0v) is 12.0. The standard InChI is InChI=1S/C13H22N4O3/c1-3-5-14-11-10(19-2)12(17-9-16-11)15-7-13(18)4-6-20-8-13/h9,18H,3-8H2,1-2H3,(H2,14,15,16,17). The Morgan fingerprint density at radius 3 is 2.75 bits per heavy atom. The van der Waals surface area contributed by atoms with E-state index >= 15 is 0 Å². The van der Waals surface area contributed by atoms with Crippen LogP contribution in [0.25, 0.3) is 0 Å². The second-order valence-electron chi connectivity index (χ2n) is 4.91. The summed E-state index contributed by atoms with van der Waals surface area (Å²) in [5, 5.41) is 16.5. The van der Waals surface area contributed by atoms with Gasteiger partial charge < -0.3 is 25.2 Å². The highest BCUT2D eigenvalue weighted by atomic mass is 16.5. The fourth-order valence-electron chi connectivity index (χ4n) is 2.05. The van der Waals surface area contributed by atoms with Gasteiger partial charge in [-0.3, -0.25) is 0 Å². The first-order valence-corrected chi connectivity index (χ1v) is 6.85. The zero-order chi connectivity index (χ0) is 14.4. The predicted molar refractivity (Wildman–Crippen MR) is 76.2 cm³/mol. The molecule has 20 heavy (non-hydrogen) atoms. The van der Waals surface area contributed by atoms with Crippen LogP contribution in [0.3, 0.4) is 0 Å². The summed E-state index contributed by atoms with van der Waals surface area (Å²) in [6.07, 6.45) is 3.08. The molecule has 0 spiro atoms. The maximum Gasteiger partial charge on any atom is 0.204 e. The molecule has 1 unspecified atom stereocenters. The van der Waals surface area contributed by atoms with Crippen molar-refractivity contribution in [1.82, 2.24) is 9.97 Å². The van der Waals surface area contributed by atoms with E-state index < -0.39 is 5.60 Å². The number of nitrogens with one attached hydrogen (secondary N) is 2. The average molecular weight is 282 g/mol. The Kier molecular flexibility index (Phi) is 4.97. The van der Waals surface area contributed by atoms with Crippen molar-refractivity contribution < 1.29 is 14.6 Å². The first-order valence-electron chi connectivity index (χ1n) is 6.85. The van der Waals surface area contributed by atoms with Gasteiger partial charge in [0.25, 0.3) is 0 Å². The topological polar surface area (TPSA) is 88.5 Å². The number of hydrogen-bond acceptors (Lipinski definition) is 7. The highest BCUT2D eigenvalue weighted by Crippen LogP contribution is 2.29. The Hall–Kier alpha value is -1.60. The van der Waals surface area contributed by atoms with Crippen LogP contribution in [0, 0.1) is 0 Å². The van der Waals surface area contributed by atoms with E-state index in [1.165, 1.54) is 6.33 Å². The van der Waals surface area contributed by atoms with Crippen LogP contribution < -0.4 is 15.4 Å². The molecule has 2 heterocycles. The van der Waals surface area contributed by atoms with E-state index in [2.05, 4.69) is 27.5 Å². The summed E-state index contributed by atoms with van der Waals surface area (Å²) in [4.78, 5) is 8.34. The van der Waals surface area contributed by atoms with Crippen molar-refractivity contribution >= 4 is 11.6 Å². The molecule has 3 N–H and O–H groups in total. The first kappa shape index (κ1) is 14.8. The van der Waals surface area contributed by atoms with Gasteiger partial charge in [0, 0.05) is 26.1 Å². The number of hydrogen-bond donors (Lipinski definition) is 3. The molecule has 0 aromatic carbocycles. The lowest BCUT2D eigenvalue weighted by atomic mass is 10.0. The van der Waals surface area contributed by atoms with Gasteiger partial charge in [-0.1, -0.05) is 6.92 Å². The van der Waals surface area contributed by atoms with E-state index in [4.69, 9.17) is 9.47 Å². The molecule has 1 aromatic heterocycles. The summed E-state index contributed by atoms with van der Waals surface area (Å²) in [7, 11) is 1.58. The molecule has 1 fully saturated rings. The van der Waals surface area contributed by atoms with Gasteiger partial charge in [0.1, 0.15) is 11.9 Å². The molecule has 7 heteroatoms. The predicted octanol–water partition coefficient (Wildman–Crippen LogP) is 0.870. The average Bonchev–Trinajstić information content (AvgIpc) is 2.90. The Labute approximate surface area is 118 Å². The number of aromatic nitrogens is 2. The van der Waals surface area contributed by atoms with Gasteiger partial charge in [0.2, 0.25) is 5.75 Å². The zero-order valence-electron chi connectivity index (χ0n) is 12.0. The number of ether oxygens (including phenoxy) is 2. The summed E-state index contributed by atoms with van der Waals surface area (Å²) in [6, 6.07) is 0. The number of aliphatic hydroxyl groups is 1. The largest absolute Gasteiger partial charge is 0.490 e. The Balaban J connectivity index is 2.06. The van der Waals surface area contributed by atoms with Crippen LogP contribution in [0.15, 0.2) is 6.33 Å². The van der Waals surface area contributed by atoms with Crippen LogP contribution >= 0.6 is 0 Å². The summed E-state index contributed by atoms with van der Waals surface area (Å²) < 4.78 is 10.6. The van der Waals surface area contributed by atoms with Crippen molar-refractivity contribution in [1.29, 1.82) is 0 Å². The van der Waals surface area contributed by atoms with Crippen LogP contribution in [0.2, 0.25) is 0 Å². The maximum absolute atomic E-state index is 10.2. The van der Waals surface area contributed by atoms with Crippen LogP contribution in [-0.4, -0.2) is 54.1 Å². The summed E-state index contributed by atoms with van der Waals surface area (Å²) in [5.41, 5.74) is -0.840. The number of methoxy groups -OCH3 is 1. The molecule has 1 aromatic rings. The number of anilines is 2. The smallest absolute Gasteiger partial charge is 0.204 e. The SMILES string of the molecule is CCCNc1ncnc(NCC2(O)CCOC2)c1OC. The van der Waals surface area contributed by atoms with Crippen LogP contribution in [0.1, 0.15) is 19.8 Å². The third-order valence-electron chi connectivity index (χ3n) is 3.22. The van der Waals surface area contributed by atoms with Crippen molar-refractivity contribution in [3.05, 3.63) is 6.33 Å². The fourth-order valence-corrected chi connectivity index (χ4v) is 2.05. The van der Waals surface area contributed by atoms with Gasteiger partial charge in [-0.15, -0.1) is 0 Å². The quantitative estimate of drug-likeness (QED) is 0.684. The minimum absolute atomic E-state index is 0.342. The number of rotatable bonds is 7. The molecule has 0 saturated carbocycles. The van der Waals surface area contributed by atoms with Crippen molar-refractivity contribution in [2.45, 2.75) is 25.4 Å². The molecular weight excluding hydrogens is 260 g/mol. The Morgan fingerprint density at radius 2 is 2.15 bits per heavy atom. The van der Waals surface area contributed by atoms with E-state index in [1.807, 2.05) is 0 Å². The Morgan fingerprint density at radius 1 is 1.40 bits per heavy atom. The van der Waals surface area contributed by atoms with Crippen molar-refractivity contribution in [2.75, 3.05) is 44.0 Å². The van der Waals surface area contributed by atoms with Crippen molar-refractivity contribution in [2.24, 2.45) is 0 Å². The van der Waals surface area contributed by atoms with Gasteiger partial charge in [0.15, 0.2) is 11.6 Å². The van der Waals surface area contributed by atoms with E-state index in [0.29, 0.717) is 43.6 Å². The van der Waals surface area contributed by atoms with Gasteiger partial charge in [-0.2, -0.15) is 0 Å². The molecule has 112 valence electrons. The van der Waals surface area contributed by atoms with Crippen LogP contribution in [0.5, 0.6) is 5.75 Å². The number of nitrogens with zero attached hydrogens (tertiary/aromatic N) is 2. The molecule has 0 aliphatic carbocycles. The molecule has 0 amide bonds. The van der Waals surface area contributed by atoms with Gasteiger partial charge in [0.05, 0.1) is 13.7 Å². The van der Waals surface area contributed by atoms with E-state index in [0.717, 1.165) is 13.0 Å². The molecule has 0 radical (unpaired) electrons. The molecule has 7 nitrogen and oxygen atoms in total. The fraction of sp³-hybridized carbons (Fsp3) is 0.692. The van der Waals surface area contributed by atoms with Crippen molar-refractivity contribution in [3.63, 3.8) is 0 Å². The second kappa shape index (κ2) is 6.71. The van der Waals surface area contributed by atoms with Crippen LogP contribution in [0.4, 0.5) is 11.6 Å². The highest BCUT2D eigenvalue weighted by Gasteiger charge is 2.32. The molecular formula is C13H22N4O3. The molecule has 0 bridgehead atoms. The molecule has 1 aliphatic rings. The lowest BCUT2D eigenvalue weighted by molar-refractivity contribution is 0.0381. The minimum atomic E-state index is -0.840. The lowest BCUT2D eigenvalue weighted by Crippen LogP contribution is -2.37. The second-order valence-corrected chi connectivity index (χ2v) is 4.91. The molecule has 1 aliphatic heterocycles. The third-order valence-corrected chi connectivity index (χ3v) is 3.22. The monoisotopic (exact) mass is 282 g/mol. The van der Waals surface area contributed by atoms with Gasteiger partial charge in [-0.25, -0.2) is 9.97 Å².